The van der Waals surface area contributed by atoms with Crippen LogP contribution in [0.25, 0.3) is 0 Å². The van der Waals surface area contributed by atoms with Gasteiger partial charge in [-0.1, -0.05) is 30.3 Å². The van der Waals surface area contributed by atoms with E-state index in [1.165, 1.54) is 6.92 Å². The second kappa shape index (κ2) is 9.00. The molecular weight excluding hydrogens is 364 g/mol. The van der Waals surface area contributed by atoms with Crippen LogP contribution in [0.15, 0.2) is 30.3 Å². The molecule has 0 spiro atoms. The second-order valence-corrected chi connectivity index (χ2v) is 7.44. The lowest BCUT2D eigenvalue weighted by Gasteiger charge is -2.39. The van der Waals surface area contributed by atoms with Crippen LogP contribution in [0.4, 0.5) is 0 Å². The van der Waals surface area contributed by atoms with E-state index in [4.69, 9.17) is 14.2 Å². The fraction of sp³-hybridized carbons (Fsp3) is 0.600. The minimum Gasteiger partial charge on any atom is -0.388 e. The molecule has 8 nitrogen and oxygen atoms in total. The van der Waals surface area contributed by atoms with Gasteiger partial charge in [0.05, 0.1) is 6.61 Å². The van der Waals surface area contributed by atoms with Crippen LogP contribution >= 0.6 is 0 Å². The number of aliphatic hydroxyl groups is 1. The molecule has 3 N–H and O–H groups in total. The van der Waals surface area contributed by atoms with Crippen molar-refractivity contribution in [1.82, 2.24) is 10.6 Å². The molecule has 7 atom stereocenters. The van der Waals surface area contributed by atoms with Gasteiger partial charge in [0.15, 0.2) is 6.29 Å². The highest BCUT2D eigenvalue weighted by molar-refractivity contribution is 5.80. The third kappa shape index (κ3) is 4.88. The fourth-order valence-electron chi connectivity index (χ4n) is 3.61. The molecule has 8 heteroatoms. The van der Waals surface area contributed by atoms with Crippen LogP contribution in [-0.4, -0.2) is 66.3 Å². The molecule has 1 aromatic rings. The maximum Gasteiger partial charge on any atom is 0.249 e. The zero-order valence-corrected chi connectivity index (χ0v) is 16.3. The molecule has 2 amide bonds. The van der Waals surface area contributed by atoms with Crippen molar-refractivity contribution >= 4 is 11.8 Å². The molecule has 1 aromatic carbocycles. The number of benzene rings is 1. The Kier molecular flexibility index (Phi) is 6.66. The highest BCUT2D eigenvalue weighted by atomic mass is 16.7. The number of amides is 2. The van der Waals surface area contributed by atoms with E-state index in [9.17, 15) is 14.7 Å². The number of hydrogen-bond acceptors (Lipinski definition) is 6. The predicted octanol–water partition coefficient (Wildman–Crippen LogP) is 0.128. The summed E-state index contributed by atoms with van der Waals surface area (Å²) in [6.07, 6.45) is -3.16. The van der Waals surface area contributed by atoms with Crippen molar-refractivity contribution in [3.05, 3.63) is 35.9 Å². The lowest BCUT2D eigenvalue weighted by Crippen LogP contribution is -2.62. The van der Waals surface area contributed by atoms with Gasteiger partial charge in [-0.05, 0) is 25.8 Å². The van der Waals surface area contributed by atoms with Gasteiger partial charge in [-0.2, -0.15) is 0 Å². The number of aliphatic hydroxyl groups excluding tert-OH is 1. The van der Waals surface area contributed by atoms with Gasteiger partial charge in [0, 0.05) is 13.0 Å². The summed E-state index contributed by atoms with van der Waals surface area (Å²) in [5, 5.41) is 16.2. The molecule has 2 bridgehead atoms. The maximum absolute atomic E-state index is 12.6. The first kappa shape index (κ1) is 20.7. The Balaban J connectivity index is 1.59. The summed E-state index contributed by atoms with van der Waals surface area (Å²) in [5.41, 5.74) is 1.13. The highest BCUT2D eigenvalue weighted by Gasteiger charge is 2.51. The van der Waals surface area contributed by atoms with Crippen molar-refractivity contribution in [2.45, 2.75) is 70.0 Å². The Bertz CT molecular complexity index is 685. The van der Waals surface area contributed by atoms with Crippen LogP contribution in [0.1, 0.15) is 26.3 Å². The summed E-state index contributed by atoms with van der Waals surface area (Å²) in [4.78, 5) is 24.1. The fourth-order valence-corrected chi connectivity index (χ4v) is 3.61. The lowest BCUT2D eigenvalue weighted by atomic mass is 9.98. The molecule has 0 saturated carbocycles. The van der Waals surface area contributed by atoms with Gasteiger partial charge in [0.1, 0.15) is 30.5 Å². The molecule has 154 valence electrons. The molecule has 3 rings (SSSR count). The SMILES string of the molecule is CC(=O)N[C@H]1[C@@H]2OC[C@@H](O2)[C@@H](O)[C@@H]1O[C@H](C)C(=O)N[C@H](C)Cc1ccccc1. The van der Waals surface area contributed by atoms with Crippen LogP contribution < -0.4 is 10.6 Å². The Hall–Kier alpha value is -2.00. The van der Waals surface area contributed by atoms with Gasteiger partial charge in [-0.15, -0.1) is 0 Å². The van der Waals surface area contributed by atoms with E-state index in [0.29, 0.717) is 6.42 Å². The smallest absolute Gasteiger partial charge is 0.249 e. The number of fused-ring (bicyclic) bond motifs is 2. The van der Waals surface area contributed by atoms with Crippen LogP contribution in [-0.2, 0) is 30.2 Å². The first-order valence-electron chi connectivity index (χ1n) is 9.57. The van der Waals surface area contributed by atoms with Crippen molar-refractivity contribution in [3.63, 3.8) is 0 Å². The summed E-state index contributed by atoms with van der Waals surface area (Å²) in [7, 11) is 0. The molecule has 2 aliphatic heterocycles. The predicted molar refractivity (Wildman–Crippen MR) is 100 cm³/mol. The van der Waals surface area contributed by atoms with E-state index >= 15 is 0 Å². The standard InChI is InChI=1S/C20H28N2O6/c1-11(9-14-7-5-4-6-8-14)21-19(25)12(2)27-18-16(22-13(3)23)20-26-10-15(28-20)17(18)24/h4-8,11-12,15-18,20,24H,9-10H2,1-3H3,(H,21,25)(H,22,23)/t11-,12-,15-,16-,17-,18-,20-/m1/s1. The molecule has 0 aromatic heterocycles. The van der Waals surface area contributed by atoms with Gasteiger partial charge in [0.2, 0.25) is 11.8 Å². The highest BCUT2D eigenvalue weighted by Crippen LogP contribution is 2.30. The van der Waals surface area contributed by atoms with Gasteiger partial charge in [-0.25, -0.2) is 0 Å². The van der Waals surface area contributed by atoms with E-state index in [1.54, 1.807) is 6.92 Å². The molecule has 0 unspecified atom stereocenters. The summed E-state index contributed by atoms with van der Waals surface area (Å²) in [6.45, 7) is 5.14. The Morgan fingerprint density at radius 2 is 2.00 bits per heavy atom. The zero-order valence-electron chi connectivity index (χ0n) is 16.3. The van der Waals surface area contributed by atoms with Crippen LogP contribution in [0.2, 0.25) is 0 Å². The Labute approximate surface area is 164 Å². The van der Waals surface area contributed by atoms with Crippen molar-refractivity contribution in [2.24, 2.45) is 0 Å². The number of rotatable bonds is 7. The third-order valence-electron chi connectivity index (χ3n) is 4.97. The molecule has 0 radical (unpaired) electrons. The van der Waals surface area contributed by atoms with E-state index in [1.807, 2.05) is 37.3 Å². The average molecular weight is 392 g/mol. The number of carbonyl (C=O) groups excluding carboxylic acids is 2. The Morgan fingerprint density at radius 3 is 2.68 bits per heavy atom. The van der Waals surface area contributed by atoms with E-state index in [-0.39, 0.29) is 24.5 Å². The minimum atomic E-state index is -1.01. The van der Waals surface area contributed by atoms with Crippen molar-refractivity contribution in [1.29, 1.82) is 0 Å². The van der Waals surface area contributed by atoms with Crippen LogP contribution in [0, 0.1) is 0 Å². The minimum absolute atomic E-state index is 0.0776. The summed E-state index contributed by atoms with van der Waals surface area (Å²) >= 11 is 0. The van der Waals surface area contributed by atoms with Crippen LogP contribution in [0.5, 0.6) is 0 Å². The third-order valence-corrected chi connectivity index (χ3v) is 4.97. The quantitative estimate of drug-likeness (QED) is 0.609. The number of hydrogen-bond donors (Lipinski definition) is 3. The van der Waals surface area contributed by atoms with Crippen molar-refractivity contribution < 1.29 is 28.9 Å². The van der Waals surface area contributed by atoms with E-state index < -0.39 is 36.7 Å². The number of ether oxygens (including phenoxy) is 3. The molecule has 2 heterocycles. The first-order chi connectivity index (χ1) is 13.3. The number of carbonyl (C=O) groups is 2. The average Bonchev–Trinajstić information content (AvgIpc) is 3.09. The molecular formula is C20H28N2O6. The van der Waals surface area contributed by atoms with Gasteiger partial charge in [-0.3, -0.25) is 9.59 Å². The summed E-state index contributed by atoms with van der Waals surface area (Å²) < 4.78 is 16.9. The van der Waals surface area contributed by atoms with E-state index in [2.05, 4.69) is 10.6 Å². The number of nitrogens with one attached hydrogen (secondary N) is 2. The van der Waals surface area contributed by atoms with Crippen LogP contribution in [0.3, 0.4) is 0 Å². The topological polar surface area (TPSA) is 106 Å². The zero-order chi connectivity index (χ0) is 20.3. The van der Waals surface area contributed by atoms with Crippen molar-refractivity contribution in [3.8, 4) is 0 Å². The second-order valence-electron chi connectivity index (χ2n) is 7.44. The molecule has 2 saturated heterocycles. The largest absolute Gasteiger partial charge is 0.388 e. The molecule has 2 fully saturated rings. The maximum atomic E-state index is 12.6. The van der Waals surface area contributed by atoms with Gasteiger partial charge in [0.25, 0.3) is 0 Å². The molecule has 0 aliphatic carbocycles. The lowest BCUT2D eigenvalue weighted by molar-refractivity contribution is -0.209. The van der Waals surface area contributed by atoms with Crippen molar-refractivity contribution in [2.75, 3.05) is 6.61 Å². The summed E-state index contributed by atoms with van der Waals surface area (Å²) in [6, 6.07) is 9.12. The van der Waals surface area contributed by atoms with Gasteiger partial charge >= 0.3 is 0 Å². The first-order valence-corrected chi connectivity index (χ1v) is 9.57. The molecule has 28 heavy (non-hydrogen) atoms. The monoisotopic (exact) mass is 392 g/mol. The van der Waals surface area contributed by atoms with E-state index in [0.717, 1.165) is 5.56 Å². The van der Waals surface area contributed by atoms with Gasteiger partial charge < -0.3 is 30.0 Å². The Morgan fingerprint density at radius 1 is 1.29 bits per heavy atom. The summed E-state index contributed by atoms with van der Waals surface area (Å²) in [5.74, 6) is -0.575. The molecule has 2 aliphatic rings. The normalized spacial score (nSPS) is 31.1.